The van der Waals surface area contributed by atoms with E-state index in [1.807, 2.05) is 14.0 Å². The van der Waals surface area contributed by atoms with Crippen LogP contribution in [0.1, 0.15) is 117 Å². The van der Waals surface area contributed by atoms with Crippen LogP contribution in [-0.4, -0.2) is 50.2 Å². The molecule has 5 nitrogen and oxygen atoms in total. The van der Waals surface area contributed by atoms with Crippen LogP contribution in [0.4, 0.5) is 0 Å². The predicted molar refractivity (Wildman–Crippen MR) is 132 cm³/mol. The van der Waals surface area contributed by atoms with Gasteiger partial charge < -0.3 is 14.4 Å². The summed E-state index contributed by atoms with van der Waals surface area (Å²) in [6, 6.07) is 0. The molecule has 0 spiro atoms. The average Bonchev–Trinajstić information content (AvgIpc) is 3.23. The Hall–Kier alpha value is -1.10. The fourth-order valence-electron chi connectivity index (χ4n) is 4.30. The molecule has 1 saturated heterocycles. The number of nitrogens with zero attached hydrogens (tertiary/aromatic N) is 1. The lowest BCUT2D eigenvalue weighted by atomic mass is 10.0. The topological polar surface area (TPSA) is 55.8 Å². The van der Waals surface area contributed by atoms with Crippen LogP contribution in [0.5, 0.6) is 0 Å². The number of esters is 2. The van der Waals surface area contributed by atoms with Gasteiger partial charge in [0.25, 0.3) is 0 Å². The molecular weight excluding hydrogens is 402 g/mol. The number of hydrogen-bond acceptors (Lipinski definition) is 5. The van der Waals surface area contributed by atoms with Crippen LogP contribution in [0.2, 0.25) is 0 Å². The van der Waals surface area contributed by atoms with Crippen molar-refractivity contribution in [2.75, 3.05) is 33.4 Å². The molecule has 1 aliphatic rings. The summed E-state index contributed by atoms with van der Waals surface area (Å²) in [5, 5.41) is 0. The van der Waals surface area contributed by atoms with Crippen LogP contribution >= 0.6 is 0 Å². The summed E-state index contributed by atoms with van der Waals surface area (Å²) in [5.41, 5.74) is 0. The van der Waals surface area contributed by atoms with E-state index in [9.17, 15) is 9.59 Å². The number of hydrogen-bond donors (Lipinski definition) is 0. The van der Waals surface area contributed by atoms with E-state index >= 15 is 0 Å². The van der Waals surface area contributed by atoms with Crippen molar-refractivity contribution in [2.24, 2.45) is 11.8 Å². The predicted octanol–water partition coefficient (Wildman–Crippen LogP) is 6.53. The van der Waals surface area contributed by atoms with Gasteiger partial charge >= 0.3 is 11.9 Å². The highest BCUT2D eigenvalue weighted by molar-refractivity contribution is 5.73. The van der Waals surface area contributed by atoms with Gasteiger partial charge in [0.1, 0.15) is 0 Å². The first kappa shape index (κ1) is 28.9. The molecule has 188 valence electrons. The lowest BCUT2D eigenvalue weighted by molar-refractivity contribution is -0.152. The zero-order chi connectivity index (χ0) is 23.4. The SMILES string of the molecule is CCCCCCCCCCCCCCCC(=O)OCC(CC)COC(=O)C1CCN(C)C1. The minimum atomic E-state index is -0.115. The van der Waals surface area contributed by atoms with Crippen molar-refractivity contribution < 1.29 is 19.1 Å². The molecule has 32 heavy (non-hydrogen) atoms. The van der Waals surface area contributed by atoms with E-state index in [1.165, 1.54) is 70.6 Å². The molecule has 0 amide bonds. The highest BCUT2D eigenvalue weighted by Crippen LogP contribution is 2.17. The monoisotopic (exact) mass is 453 g/mol. The molecule has 0 bridgehead atoms. The third-order valence-corrected chi connectivity index (χ3v) is 6.73. The fourth-order valence-corrected chi connectivity index (χ4v) is 4.30. The second kappa shape index (κ2) is 19.4. The summed E-state index contributed by atoms with van der Waals surface area (Å²) in [6.07, 6.45) is 19.1. The second-order valence-electron chi connectivity index (χ2n) is 9.83. The smallest absolute Gasteiger partial charge is 0.310 e. The third-order valence-electron chi connectivity index (χ3n) is 6.73. The zero-order valence-electron chi connectivity index (χ0n) is 21.4. The molecule has 0 aromatic carbocycles. The van der Waals surface area contributed by atoms with Crippen molar-refractivity contribution in [3.05, 3.63) is 0 Å². The van der Waals surface area contributed by atoms with Gasteiger partial charge in [-0.2, -0.15) is 0 Å². The number of carbonyl (C=O) groups is 2. The first-order valence-electron chi connectivity index (χ1n) is 13.6. The molecule has 0 aliphatic carbocycles. The van der Waals surface area contributed by atoms with Gasteiger partial charge in [0.15, 0.2) is 0 Å². The molecule has 5 heteroatoms. The molecule has 2 unspecified atom stereocenters. The Kier molecular flexibility index (Phi) is 17.5. The summed E-state index contributed by atoms with van der Waals surface area (Å²) in [5.74, 6) is -0.134. The Balaban J connectivity index is 1.92. The maximum Gasteiger partial charge on any atom is 0.310 e. The standard InChI is InChI=1S/C27H51NO4/c1-4-6-7-8-9-10-11-12-13-14-15-16-17-18-26(29)31-22-24(5-2)23-32-27(30)25-19-20-28(3)21-25/h24-25H,4-23H2,1-3H3. The van der Waals surface area contributed by atoms with Gasteiger partial charge in [-0.25, -0.2) is 0 Å². The van der Waals surface area contributed by atoms with Gasteiger partial charge in [0.2, 0.25) is 0 Å². The summed E-state index contributed by atoms with van der Waals surface area (Å²) in [7, 11) is 2.03. The van der Waals surface area contributed by atoms with Crippen LogP contribution in [0, 0.1) is 11.8 Å². The van der Waals surface area contributed by atoms with E-state index in [0.717, 1.165) is 38.8 Å². The third kappa shape index (κ3) is 14.9. The molecular formula is C27H51NO4. The van der Waals surface area contributed by atoms with Crippen molar-refractivity contribution in [3.8, 4) is 0 Å². The van der Waals surface area contributed by atoms with E-state index in [0.29, 0.717) is 19.6 Å². The molecule has 1 heterocycles. The largest absolute Gasteiger partial charge is 0.465 e. The second-order valence-corrected chi connectivity index (χ2v) is 9.83. The highest BCUT2D eigenvalue weighted by atomic mass is 16.5. The van der Waals surface area contributed by atoms with Crippen molar-refractivity contribution in [1.82, 2.24) is 4.90 Å². The minimum Gasteiger partial charge on any atom is -0.465 e. The maximum absolute atomic E-state index is 12.1. The number of rotatable bonds is 20. The Morgan fingerprint density at radius 2 is 1.34 bits per heavy atom. The first-order chi connectivity index (χ1) is 15.6. The summed E-state index contributed by atoms with van der Waals surface area (Å²) in [4.78, 5) is 26.3. The lowest BCUT2D eigenvalue weighted by Gasteiger charge is -2.17. The van der Waals surface area contributed by atoms with Crippen LogP contribution in [0.15, 0.2) is 0 Å². The summed E-state index contributed by atoms with van der Waals surface area (Å²) >= 11 is 0. The molecule has 0 radical (unpaired) electrons. The van der Waals surface area contributed by atoms with Gasteiger partial charge in [-0.3, -0.25) is 9.59 Å². The molecule has 0 aromatic rings. The van der Waals surface area contributed by atoms with E-state index in [1.54, 1.807) is 0 Å². The number of carbonyl (C=O) groups excluding carboxylic acids is 2. The van der Waals surface area contributed by atoms with Gasteiger partial charge in [0.05, 0.1) is 19.1 Å². The summed E-state index contributed by atoms with van der Waals surface area (Å²) < 4.78 is 10.9. The van der Waals surface area contributed by atoms with E-state index in [4.69, 9.17) is 9.47 Å². The molecule has 1 aliphatic heterocycles. The molecule has 1 fully saturated rings. The quantitative estimate of drug-likeness (QED) is 0.155. The summed E-state index contributed by atoms with van der Waals surface area (Å²) in [6.45, 7) is 6.75. The zero-order valence-corrected chi connectivity index (χ0v) is 21.4. The van der Waals surface area contributed by atoms with Crippen LogP contribution in [0.25, 0.3) is 0 Å². The maximum atomic E-state index is 12.1. The van der Waals surface area contributed by atoms with Crippen molar-refractivity contribution in [2.45, 2.75) is 117 Å². The molecule has 0 saturated carbocycles. The molecule has 1 rings (SSSR count). The fraction of sp³-hybridized carbons (Fsp3) is 0.926. The highest BCUT2D eigenvalue weighted by Gasteiger charge is 2.28. The van der Waals surface area contributed by atoms with Crippen LogP contribution in [-0.2, 0) is 19.1 Å². The average molecular weight is 454 g/mol. The van der Waals surface area contributed by atoms with Crippen LogP contribution in [0.3, 0.4) is 0 Å². The van der Waals surface area contributed by atoms with E-state index in [2.05, 4.69) is 11.8 Å². The minimum absolute atomic E-state index is 0.00407. The van der Waals surface area contributed by atoms with Gasteiger partial charge in [-0.15, -0.1) is 0 Å². The molecule has 0 aromatic heterocycles. The van der Waals surface area contributed by atoms with Crippen LogP contribution < -0.4 is 0 Å². The van der Waals surface area contributed by atoms with Crippen molar-refractivity contribution in [1.29, 1.82) is 0 Å². The number of ether oxygens (including phenoxy) is 2. The lowest BCUT2D eigenvalue weighted by Crippen LogP contribution is -2.25. The number of likely N-dealkylation sites (tertiary alicyclic amines) is 1. The van der Waals surface area contributed by atoms with Crippen molar-refractivity contribution >= 4 is 11.9 Å². The Morgan fingerprint density at radius 1 is 0.812 bits per heavy atom. The van der Waals surface area contributed by atoms with Gasteiger partial charge in [-0.1, -0.05) is 90.9 Å². The van der Waals surface area contributed by atoms with E-state index in [-0.39, 0.29) is 23.8 Å². The molecule has 2 atom stereocenters. The van der Waals surface area contributed by atoms with E-state index < -0.39 is 0 Å². The normalized spacial score (nSPS) is 17.4. The number of unbranched alkanes of at least 4 members (excludes halogenated alkanes) is 12. The Bertz CT molecular complexity index is 482. The Morgan fingerprint density at radius 3 is 1.84 bits per heavy atom. The first-order valence-corrected chi connectivity index (χ1v) is 13.6. The van der Waals surface area contributed by atoms with Crippen molar-refractivity contribution in [3.63, 3.8) is 0 Å². The van der Waals surface area contributed by atoms with Gasteiger partial charge in [-0.05, 0) is 32.9 Å². The molecule has 0 N–H and O–H groups in total. The Labute approximate surface area is 198 Å². The van der Waals surface area contributed by atoms with Gasteiger partial charge in [0, 0.05) is 18.9 Å².